The zero-order valence-corrected chi connectivity index (χ0v) is 12.1. The van der Waals surface area contributed by atoms with Crippen LogP contribution in [-0.2, 0) is 0 Å². The number of H-pyrrole nitrogens is 1. The molecule has 0 saturated heterocycles. The second-order valence-electron chi connectivity index (χ2n) is 3.94. The third-order valence-electron chi connectivity index (χ3n) is 2.67. The number of methoxy groups -OCH3 is 1. The Labute approximate surface area is 118 Å². The summed E-state index contributed by atoms with van der Waals surface area (Å²) in [4.78, 5) is 11.8. The number of aromatic amines is 1. The van der Waals surface area contributed by atoms with Crippen molar-refractivity contribution in [2.24, 2.45) is 0 Å². The third-order valence-corrected chi connectivity index (χ3v) is 3.29. The van der Waals surface area contributed by atoms with E-state index in [1.165, 1.54) is 6.20 Å². The number of amides is 1. The van der Waals surface area contributed by atoms with E-state index in [4.69, 9.17) is 4.74 Å². The summed E-state index contributed by atoms with van der Waals surface area (Å²) in [5, 5.41) is 12.6. The van der Waals surface area contributed by atoms with Gasteiger partial charge in [-0.05, 0) is 40.5 Å². The first-order chi connectivity index (χ1) is 9.11. The SMILES string of the molecule is COc1ccc(C(C)NC(=O)c2cn[nH]n2)cc1Br. The van der Waals surface area contributed by atoms with Gasteiger partial charge in [-0.3, -0.25) is 4.79 Å². The maximum Gasteiger partial charge on any atom is 0.273 e. The number of carbonyl (C=O) groups is 1. The van der Waals surface area contributed by atoms with E-state index < -0.39 is 0 Å². The van der Waals surface area contributed by atoms with Crippen molar-refractivity contribution >= 4 is 21.8 Å². The van der Waals surface area contributed by atoms with Gasteiger partial charge in [-0.2, -0.15) is 15.4 Å². The van der Waals surface area contributed by atoms with Crippen LogP contribution in [0.3, 0.4) is 0 Å². The average Bonchev–Trinajstić information content (AvgIpc) is 2.92. The van der Waals surface area contributed by atoms with E-state index in [1.54, 1.807) is 7.11 Å². The number of halogens is 1. The van der Waals surface area contributed by atoms with Crippen molar-refractivity contribution in [3.8, 4) is 5.75 Å². The lowest BCUT2D eigenvalue weighted by Crippen LogP contribution is -2.26. The minimum absolute atomic E-state index is 0.147. The lowest BCUT2D eigenvalue weighted by molar-refractivity contribution is 0.0935. The van der Waals surface area contributed by atoms with Gasteiger partial charge in [-0.25, -0.2) is 0 Å². The highest BCUT2D eigenvalue weighted by atomic mass is 79.9. The molecule has 2 aromatic rings. The smallest absolute Gasteiger partial charge is 0.273 e. The number of nitrogens with one attached hydrogen (secondary N) is 2. The molecule has 1 atom stereocenters. The molecular formula is C12H13BrN4O2. The zero-order valence-electron chi connectivity index (χ0n) is 10.5. The lowest BCUT2D eigenvalue weighted by atomic mass is 10.1. The summed E-state index contributed by atoms with van der Waals surface area (Å²) in [5.74, 6) is 0.479. The van der Waals surface area contributed by atoms with Crippen LogP contribution >= 0.6 is 15.9 Å². The number of nitrogens with zero attached hydrogens (tertiary/aromatic N) is 2. The van der Waals surface area contributed by atoms with Crippen molar-refractivity contribution in [3.05, 3.63) is 40.1 Å². The van der Waals surface area contributed by atoms with Crippen LogP contribution in [-0.4, -0.2) is 28.4 Å². The van der Waals surface area contributed by atoms with E-state index >= 15 is 0 Å². The number of hydrogen-bond acceptors (Lipinski definition) is 4. The predicted molar refractivity (Wildman–Crippen MR) is 73.0 cm³/mol. The fourth-order valence-electron chi connectivity index (χ4n) is 1.62. The standard InChI is InChI=1S/C12H13BrN4O2/c1-7(15-12(18)10-6-14-17-16-10)8-3-4-11(19-2)9(13)5-8/h3-7H,1-2H3,(H,15,18)(H,14,16,17). The summed E-state index contributed by atoms with van der Waals surface area (Å²) in [5.41, 5.74) is 1.23. The molecule has 1 aromatic carbocycles. The van der Waals surface area contributed by atoms with E-state index in [0.717, 1.165) is 15.8 Å². The monoisotopic (exact) mass is 324 g/mol. The van der Waals surface area contributed by atoms with Gasteiger partial charge in [-0.1, -0.05) is 6.07 Å². The van der Waals surface area contributed by atoms with Crippen LogP contribution in [0.5, 0.6) is 5.75 Å². The number of hydrogen-bond donors (Lipinski definition) is 2. The molecule has 0 spiro atoms. The fourth-order valence-corrected chi connectivity index (χ4v) is 2.18. The van der Waals surface area contributed by atoms with Crippen LogP contribution in [0.25, 0.3) is 0 Å². The van der Waals surface area contributed by atoms with Crippen molar-refractivity contribution in [2.45, 2.75) is 13.0 Å². The first-order valence-electron chi connectivity index (χ1n) is 5.62. The van der Waals surface area contributed by atoms with Gasteiger partial charge < -0.3 is 10.1 Å². The number of rotatable bonds is 4. The molecular weight excluding hydrogens is 312 g/mol. The van der Waals surface area contributed by atoms with E-state index in [0.29, 0.717) is 0 Å². The molecule has 0 aliphatic carbocycles. The maximum atomic E-state index is 11.8. The Morgan fingerprint density at radius 1 is 1.53 bits per heavy atom. The highest BCUT2D eigenvalue weighted by Crippen LogP contribution is 2.27. The van der Waals surface area contributed by atoms with Gasteiger partial charge in [0, 0.05) is 0 Å². The summed E-state index contributed by atoms with van der Waals surface area (Å²) in [7, 11) is 1.61. The van der Waals surface area contributed by atoms with Crippen molar-refractivity contribution in [1.29, 1.82) is 0 Å². The highest BCUT2D eigenvalue weighted by Gasteiger charge is 2.14. The van der Waals surface area contributed by atoms with Gasteiger partial charge in [0.1, 0.15) is 5.75 Å². The fraction of sp³-hybridized carbons (Fsp3) is 0.250. The molecule has 1 unspecified atom stereocenters. The minimum Gasteiger partial charge on any atom is -0.496 e. The van der Waals surface area contributed by atoms with Crippen LogP contribution in [0, 0.1) is 0 Å². The number of benzene rings is 1. The number of ether oxygens (including phenoxy) is 1. The van der Waals surface area contributed by atoms with Crippen LogP contribution < -0.4 is 10.1 Å². The third kappa shape index (κ3) is 3.11. The summed E-state index contributed by atoms with van der Waals surface area (Å²) in [6.07, 6.45) is 1.38. The van der Waals surface area contributed by atoms with E-state index in [-0.39, 0.29) is 17.6 Å². The predicted octanol–water partition coefficient (Wildman–Crippen LogP) is 2.07. The maximum absolute atomic E-state index is 11.8. The first kappa shape index (κ1) is 13.5. The molecule has 0 aliphatic rings. The van der Waals surface area contributed by atoms with Crippen molar-refractivity contribution < 1.29 is 9.53 Å². The molecule has 0 aliphatic heterocycles. The molecule has 19 heavy (non-hydrogen) atoms. The molecule has 1 amide bonds. The van der Waals surface area contributed by atoms with Crippen LogP contribution in [0.15, 0.2) is 28.9 Å². The van der Waals surface area contributed by atoms with E-state index in [2.05, 4.69) is 36.7 Å². The summed E-state index contributed by atoms with van der Waals surface area (Å²) in [6, 6.07) is 5.51. The molecule has 0 radical (unpaired) electrons. The van der Waals surface area contributed by atoms with Crippen molar-refractivity contribution in [2.75, 3.05) is 7.11 Å². The summed E-state index contributed by atoms with van der Waals surface area (Å²) in [6.45, 7) is 1.90. The Balaban J connectivity index is 2.09. The minimum atomic E-state index is -0.270. The van der Waals surface area contributed by atoms with Gasteiger partial charge in [-0.15, -0.1) is 0 Å². The molecule has 7 heteroatoms. The first-order valence-corrected chi connectivity index (χ1v) is 6.41. The summed E-state index contributed by atoms with van der Waals surface area (Å²) < 4.78 is 6.01. The molecule has 1 heterocycles. The quantitative estimate of drug-likeness (QED) is 0.902. The van der Waals surface area contributed by atoms with Crippen LogP contribution in [0.1, 0.15) is 29.0 Å². The Morgan fingerprint density at radius 2 is 2.32 bits per heavy atom. The van der Waals surface area contributed by atoms with E-state index in [1.807, 2.05) is 25.1 Å². The van der Waals surface area contributed by atoms with Crippen molar-refractivity contribution in [1.82, 2.24) is 20.7 Å². The molecule has 100 valence electrons. The molecule has 0 bridgehead atoms. The molecule has 2 N–H and O–H groups in total. The second-order valence-corrected chi connectivity index (χ2v) is 4.80. The molecule has 2 rings (SSSR count). The highest BCUT2D eigenvalue weighted by molar-refractivity contribution is 9.10. The molecule has 0 fully saturated rings. The lowest BCUT2D eigenvalue weighted by Gasteiger charge is -2.14. The normalized spacial score (nSPS) is 11.9. The van der Waals surface area contributed by atoms with Gasteiger partial charge in [0.2, 0.25) is 0 Å². The van der Waals surface area contributed by atoms with Gasteiger partial charge in [0.05, 0.1) is 23.8 Å². The molecule has 6 nitrogen and oxygen atoms in total. The Morgan fingerprint density at radius 3 is 2.89 bits per heavy atom. The summed E-state index contributed by atoms with van der Waals surface area (Å²) >= 11 is 3.42. The Bertz CT molecular complexity index is 571. The molecule has 1 aromatic heterocycles. The van der Waals surface area contributed by atoms with Crippen LogP contribution in [0.2, 0.25) is 0 Å². The Hall–Kier alpha value is -1.89. The van der Waals surface area contributed by atoms with Gasteiger partial charge in [0.25, 0.3) is 5.91 Å². The van der Waals surface area contributed by atoms with Gasteiger partial charge >= 0.3 is 0 Å². The Kier molecular flexibility index (Phi) is 4.16. The topological polar surface area (TPSA) is 79.9 Å². The molecule has 0 saturated carbocycles. The van der Waals surface area contributed by atoms with Gasteiger partial charge in [0.15, 0.2) is 5.69 Å². The number of carbonyl (C=O) groups excluding carboxylic acids is 1. The number of aromatic nitrogens is 3. The second kappa shape index (κ2) is 5.83. The van der Waals surface area contributed by atoms with E-state index in [9.17, 15) is 4.79 Å². The van der Waals surface area contributed by atoms with Crippen molar-refractivity contribution in [3.63, 3.8) is 0 Å². The zero-order chi connectivity index (χ0) is 13.8. The van der Waals surface area contributed by atoms with Crippen LogP contribution in [0.4, 0.5) is 0 Å². The average molecular weight is 325 g/mol. The largest absolute Gasteiger partial charge is 0.496 e.